The molecular formula is C28H47N6O14-. The summed E-state index contributed by atoms with van der Waals surface area (Å²) < 4.78 is 10.7. The van der Waals surface area contributed by atoms with Crippen molar-refractivity contribution in [3.8, 4) is 0 Å². The van der Waals surface area contributed by atoms with Crippen LogP contribution in [-0.4, -0.2) is 131 Å². The topological polar surface area (TPSA) is 333 Å². The fraction of sp³-hybridized carbons (Fsp3) is 0.750. The number of nitrogens with one attached hydrogen (secondary N) is 5. The van der Waals surface area contributed by atoms with Crippen LogP contribution in [0.5, 0.6) is 0 Å². The first kappa shape index (κ1) is 42.1. The molecule has 0 aromatic carbocycles. The number of hydrogen-bond donors (Lipinski definition) is 9. The molecular weight excluding hydrogens is 644 g/mol. The first-order valence-electron chi connectivity index (χ1n) is 15.4. The Morgan fingerprint density at radius 1 is 0.833 bits per heavy atom. The standard InChI is InChI=1S/C28H48N6O14/c1-12(30-24(40)14(3)47-22-20(32-15(4)36)28(46)48-18(11-35)21(22)38)23(39)34-17(27(44)45)8-9-19(37)33-16(7-5-6-10-29)25(41)31-13(2)26(42)43/h12-14,16-18,20-22,28,35,38,46H,5-11,29H2,1-4H3,(H,30,40)(H,31,41)(H,32,36)(H,33,37)(H,34,39)(H,42,43)(H,44,45)/p-1/t12-,13+,14+,16-,17+,18+,20+,21+,22+,28?/m0/s1. The minimum absolute atomic E-state index is 0.150. The zero-order chi connectivity index (χ0) is 36.7. The normalized spacial score (nSPS) is 23.7. The summed E-state index contributed by atoms with van der Waals surface area (Å²) in [4.78, 5) is 85.0. The summed E-state index contributed by atoms with van der Waals surface area (Å²) in [6.45, 7) is 4.61. The number of aliphatic hydroxyl groups excluding tert-OH is 3. The molecule has 0 spiro atoms. The number of aliphatic carboxylic acids is 2. The van der Waals surface area contributed by atoms with Gasteiger partial charge in [0.2, 0.25) is 29.5 Å². The number of hydrogen-bond acceptors (Lipinski definition) is 14. The van der Waals surface area contributed by atoms with Gasteiger partial charge in [0.25, 0.3) is 0 Å². The highest BCUT2D eigenvalue weighted by atomic mass is 16.6. The molecule has 1 saturated heterocycles. The van der Waals surface area contributed by atoms with Crippen LogP contribution < -0.4 is 42.5 Å². The van der Waals surface area contributed by atoms with Crippen molar-refractivity contribution in [3.05, 3.63) is 0 Å². The van der Waals surface area contributed by atoms with Crippen LogP contribution in [0.1, 0.15) is 59.8 Å². The van der Waals surface area contributed by atoms with E-state index in [-0.39, 0.29) is 6.42 Å². The molecule has 5 amide bonds. The van der Waals surface area contributed by atoms with E-state index in [0.717, 1.165) is 6.92 Å². The number of carbonyl (C=O) groups is 7. The fourth-order valence-corrected chi connectivity index (χ4v) is 4.58. The van der Waals surface area contributed by atoms with Crippen LogP contribution in [0.4, 0.5) is 0 Å². The Kier molecular flexibility index (Phi) is 17.9. The third-order valence-corrected chi connectivity index (χ3v) is 7.34. The molecule has 0 aromatic rings. The van der Waals surface area contributed by atoms with Gasteiger partial charge in [-0.15, -0.1) is 0 Å². The quantitative estimate of drug-likeness (QED) is 0.0536. The van der Waals surface area contributed by atoms with Gasteiger partial charge in [-0.2, -0.15) is 0 Å². The molecule has 1 aliphatic heterocycles. The largest absolute Gasteiger partial charge is 0.548 e. The second kappa shape index (κ2) is 20.4. The molecule has 274 valence electrons. The molecule has 1 heterocycles. The summed E-state index contributed by atoms with van der Waals surface area (Å²) in [5.41, 5.74) is 3.69. The molecule has 20 nitrogen and oxygen atoms in total. The predicted octanol–water partition coefficient (Wildman–Crippen LogP) is -7.99. The van der Waals surface area contributed by atoms with Crippen molar-refractivity contribution in [2.45, 2.75) is 121 Å². The van der Waals surface area contributed by atoms with E-state index in [1.165, 1.54) is 20.8 Å². The number of quaternary nitrogens is 1. The minimum Gasteiger partial charge on any atom is -0.548 e. The molecule has 0 radical (unpaired) electrons. The average molecular weight is 692 g/mol. The lowest BCUT2D eigenvalue weighted by atomic mass is 9.96. The van der Waals surface area contributed by atoms with Gasteiger partial charge in [-0.1, -0.05) is 0 Å². The lowest BCUT2D eigenvalue weighted by molar-refractivity contribution is -0.368. The molecule has 10 atom stereocenters. The molecule has 1 aliphatic rings. The maximum absolute atomic E-state index is 12.8. The van der Waals surface area contributed by atoms with Crippen LogP contribution >= 0.6 is 0 Å². The zero-order valence-corrected chi connectivity index (χ0v) is 27.3. The second-order valence-electron chi connectivity index (χ2n) is 11.4. The smallest absolute Gasteiger partial charge is 0.249 e. The molecule has 20 heteroatoms. The fourth-order valence-electron chi connectivity index (χ4n) is 4.58. The monoisotopic (exact) mass is 691 g/mol. The van der Waals surface area contributed by atoms with Crippen LogP contribution in [0.25, 0.3) is 0 Å². The highest BCUT2D eigenvalue weighted by Gasteiger charge is 2.47. The van der Waals surface area contributed by atoms with E-state index in [1.54, 1.807) is 0 Å². The third-order valence-electron chi connectivity index (χ3n) is 7.34. The van der Waals surface area contributed by atoms with Crippen LogP contribution in [0.2, 0.25) is 0 Å². The molecule has 0 saturated carbocycles. The lowest BCUT2D eigenvalue weighted by Crippen LogP contribution is -2.65. The van der Waals surface area contributed by atoms with Crippen molar-refractivity contribution in [2.24, 2.45) is 0 Å². The number of carboxylic acids is 2. The Balaban J connectivity index is 2.81. The van der Waals surface area contributed by atoms with Crippen molar-refractivity contribution in [1.82, 2.24) is 26.6 Å². The van der Waals surface area contributed by atoms with Crippen molar-refractivity contribution >= 4 is 41.5 Å². The summed E-state index contributed by atoms with van der Waals surface area (Å²) >= 11 is 0. The lowest BCUT2D eigenvalue weighted by Gasteiger charge is -2.43. The predicted molar refractivity (Wildman–Crippen MR) is 156 cm³/mol. The van der Waals surface area contributed by atoms with Crippen LogP contribution in [0, 0.1) is 0 Å². The molecule has 1 unspecified atom stereocenters. The van der Waals surface area contributed by atoms with Gasteiger partial charge in [0.15, 0.2) is 6.29 Å². The molecule has 1 fully saturated rings. The zero-order valence-electron chi connectivity index (χ0n) is 27.3. The highest BCUT2D eigenvalue weighted by Crippen LogP contribution is 2.23. The van der Waals surface area contributed by atoms with Crippen molar-refractivity contribution in [1.29, 1.82) is 0 Å². The average Bonchev–Trinajstić information content (AvgIpc) is 3.01. The van der Waals surface area contributed by atoms with E-state index in [1.807, 2.05) is 0 Å². The summed E-state index contributed by atoms with van der Waals surface area (Å²) in [5.74, 6) is -7.33. The van der Waals surface area contributed by atoms with E-state index < -0.39 is 122 Å². The van der Waals surface area contributed by atoms with E-state index in [9.17, 15) is 59.1 Å². The molecule has 0 aromatic heterocycles. The van der Waals surface area contributed by atoms with Gasteiger partial charge in [0.1, 0.15) is 42.5 Å². The Bertz CT molecular complexity index is 1140. The van der Waals surface area contributed by atoms with Crippen LogP contribution in [-0.2, 0) is 43.0 Å². The van der Waals surface area contributed by atoms with E-state index >= 15 is 0 Å². The molecule has 48 heavy (non-hydrogen) atoms. The first-order valence-corrected chi connectivity index (χ1v) is 15.4. The van der Waals surface area contributed by atoms with E-state index in [0.29, 0.717) is 19.4 Å². The molecule has 0 aliphatic carbocycles. The van der Waals surface area contributed by atoms with Crippen molar-refractivity contribution < 1.29 is 74.3 Å². The number of aliphatic hydroxyl groups is 3. The van der Waals surface area contributed by atoms with Gasteiger partial charge in [-0.05, 0) is 46.5 Å². The summed E-state index contributed by atoms with van der Waals surface area (Å²) in [7, 11) is 0. The summed E-state index contributed by atoms with van der Waals surface area (Å²) in [6.07, 6.45) is -7.14. The summed E-state index contributed by atoms with van der Waals surface area (Å²) in [5, 5.41) is 64.4. The number of amides is 5. The van der Waals surface area contributed by atoms with Gasteiger partial charge in [0.05, 0.1) is 37.2 Å². The van der Waals surface area contributed by atoms with Crippen molar-refractivity contribution in [2.75, 3.05) is 13.2 Å². The van der Waals surface area contributed by atoms with Crippen molar-refractivity contribution in [3.63, 3.8) is 0 Å². The van der Waals surface area contributed by atoms with Gasteiger partial charge >= 0.3 is 0 Å². The van der Waals surface area contributed by atoms with Gasteiger partial charge < -0.3 is 76.9 Å². The van der Waals surface area contributed by atoms with E-state index in [2.05, 4.69) is 32.3 Å². The number of rotatable bonds is 20. The Hall–Kier alpha value is -3.95. The van der Waals surface area contributed by atoms with Crippen LogP contribution in [0.3, 0.4) is 0 Å². The SMILES string of the molecule is CC(=O)N[C@H]1C(O)O[C@H](CO)[C@@H](O)[C@@H]1O[C@H](C)C(=O)N[C@@H](C)C(=O)N[C@H](CCC(=O)N[C@@H](CCCC[NH3+])C(=O)N[C@H](C)C(=O)[O-])C(=O)[O-]. The number of carbonyl (C=O) groups excluding carboxylic acids is 7. The number of ether oxygens (including phenoxy) is 2. The summed E-state index contributed by atoms with van der Waals surface area (Å²) in [6, 6.07) is -6.84. The molecule has 11 N–H and O–H groups in total. The maximum atomic E-state index is 12.8. The number of unbranched alkanes of at least 4 members (excludes halogenated alkanes) is 1. The number of carboxylic acid groups (broad SMARTS) is 2. The Morgan fingerprint density at radius 2 is 1.46 bits per heavy atom. The second-order valence-corrected chi connectivity index (χ2v) is 11.4. The highest BCUT2D eigenvalue weighted by molar-refractivity contribution is 5.92. The Labute approximate surface area is 276 Å². The van der Waals surface area contributed by atoms with Crippen LogP contribution in [0.15, 0.2) is 0 Å². The van der Waals surface area contributed by atoms with Gasteiger partial charge in [0, 0.05) is 13.3 Å². The Morgan fingerprint density at radius 3 is 2.00 bits per heavy atom. The maximum Gasteiger partial charge on any atom is 0.249 e. The third kappa shape index (κ3) is 13.6. The molecule has 0 bridgehead atoms. The molecule has 1 rings (SSSR count). The van der Waals surface area contributed by atoms with Gasteiger partial charge in [-0.25, -0.2) is 0 Å². The first-order chi connectivity index (χ1) is 22.4. The minimum atomic E-state index is -1.74. The van der Waals surface area contributed by atoms with Gasteiger partial charge in [-0.3, -0.25) is 24.0 Å². The van der Waals surface area contributed by atoms with E-state index in [4.69, 9.17) is 9.47 Å².